The molecular weight excluding hydrogens is 238 g/mol. The van der Waals surface area contributed by atoms with E-state index in [1.54, 1.807) is 42.1 Å². The first-order valence-electron chi connectivity index (χ1n) is 4.98. The predicted molar refractivity (Wildman–Crippen MR) is 67.1 cm³/mol. The van der Waals surface area contributed by atoms with Crippen LogP contribution >= 0.6 is 0 Å². The molecule has 0 atom stereocenters. The molecule has 3 N–H and O–H groups in total. The van der Waals surface area contributed by atoms with Gasteiger partial charge in [0.2, 0.25) is 0 Å². The van der Waals surface area contributed by atoms with E-state index in [1.807, 2.05) is 0 Å². The molecule has 0 fully saturated rings. The van der Waals surface area contributed by atoms with E-state index in [4.69, 9.17) is 5.73 Å². The highest BCUT2D eigenvalue weighted by Gasteiger charge is 2.15. The summed E-state index contributed by atoms with van der Waals surface area (Å²) in [7, 11) is -1.81. The molecule has 0 spiro atoms. The Morgan fingerprint density at radius 1 is 1.24 bits per heavy atom. The Hall–Kier alpha value is -1.95. The van der Waals surface area contributed by atoms with Crippen molar-refractivity contribution < 1.29 is 8.42 Å². The fourth-order valence-electron chi connectivity index (χ4n) is 1.43. The summed E-state index contributed by atoms with van der Waals surface area (Å²) < 4.78 is 28.1. The van der Waals surface area contributed by atoms with E-state index < -0.39 is 10.0 Å². The minimum absolute atomic E-state index is 0.211. The summed E-state index contributed by atoms with van der Waals surface area (Å²) in [6, 6.07) is 8.26. The monoisotopic (exact) mass is 251 g/mol. The van der Waals surface area contributed by atoms with Crippen molar-refractivity contribution in [3.8, 4) is 0 Å². The fourth-order valence-corrected chi connectivity index (χ4v) is 2.57. The van der Waals surface area contributed by atoms with Crippen LogP contribution in [0.25, 0.3) is 0 Å². The highest BCUT2D eigenvalue weighted by atomic mass is 32.2. The van der Waals surface area contributed by atoms with Gasteiger partial charge in [0.25, 0.3) is 10.0 Å². The summed E-state index contributed by atoms with van der Waals surface area (Å²) in [5.41, 5.74) is 6.46. The van der Waals surface area contributed by atoms with Crippen molar-refractivity contribution in [3.63, 3.8) is 0 Å². The van der Waals surface area contributed by atoms with Gasteiger partial charge in [0.1, 0.15) is 4.90 Å². The number of nitrogens with two attached hydrogens (primary N) is 1. The van der Waals surface area contributed by atoms with Gasteiger partial charge in [0.15, 0.2) is 0 Å². The number of rotatable bonds is 3. The number of anilines is 2. The van der Waals surface area contributed by atoms with Crippen molar-refractivity contribution in [3.05, 3.63) is 42.7 Å². The van der Waals surface area contributed by atoms with Gasteiger partial charge in [-0.2, -0.15) is 0 Å². The molecule has 1 heterocycles. The molecule has 2 rings (SSSR count). The number of nitrogens with zero attached hydrogens (tertiary/aromatic N) is 1. The SMILES string of the molecule is Cn1ccc(S(=O)(=O)Nc2ccccc2N)c1. The van der Waals surface area contributed by atoms with E-state index in [-0.39, 0.29) is 4.90 Å². The summed E-state index contributed by atoms with van der Waals surface area (Å²) >= 11 is 0. The normalized spacial score (nSPS) is 11.4. The second-order valence-electron chi connectivity index (χ2n) is 3.71. The zero-order valence-corrected chi connectivity index (χ0v) is 10.1. The predicted octanol–water partition coefficient (Wildman–Crippen LogP) is 1.41. The van der Waals surface area contributed by atoms with Crippen LogP contribution < -0.4 is 10.5 Å². The van der Waals surface area contributed by atoms with Gasteiger partial charge in [-0.05, 0) is 18.2 Å². The Morgan fingerprint density at radius 2 is 1.94 bits per heavy atom. The minimum Gasteiger partial charge on any atom is -0.397 e. The van der Waals surface area contributed by atoms with Crippen molar-refractivity contribution in [1.82, 2.24) is 4.57 Å². The van der Waals surface area contributed by atoms with Crippen molar-refractivity contribution in [2.75, 3.05) is 10.5 Å². The van der Waals surface area contributed by atoms with Crippen LogP contribution in [0.2, 0.25) is 0 Å². The first-order chi connectivity index (χ1) is 7.99. The molecule has 0 unspecified atom stereocenters. The van der Waals surface area contributed by atoms with Crippen LogP contribution in [-0.2, 0) is 17.1 Å². The van der Waals surface area contributed by atoms with Gasteiger partial charge in [-0.25, -0.2) is 8.42 Å². The van der Waals surface area contributed by atoms with Crippen molar-refractivity contribution in [2.45, 2.75) is 4.90 Å². The zero-order valence-electron chi connectivity index (χ0n) is 9.29. The lowest BCUT2D eigenvalue weighted by atomic mass is 10.3. The summed E-state index contributed by atoms with van der Waals surface area (Å²) in [6.07, 6.45) is 3.20. The number of sulfonamides is 1. The fraction of sp³-hybridized carbons (Fsp3) is 0.0909. The largest absolute Gasteiger partial charge is 0.397 e. The number of hydrogen-bond acceptors (Lipinski definition) is 3. The van der Waals surface area contributed by atoms with E-state index in [0.29, 0.717) is 11.4 Å². The Labute approximate surface area is 99.9 Å². The minimum atomic E-state index is -3.57. The standard InChI is InChI=1S/C11H13N3O2S/c1-14-7-6-9(8-14)17(15,16)13-11-5-3-2-4-10(11)12/h2-8,13H,12H2,1H3. The lowest BCUT2D eigenvalue weighted by Gasteiger charge is -2.08. The number of aromatic nitrogens is 1. The molecular formula is C11H13N3O2S. The maximum Gasteiger partial charge on any atom is 0.263 e. The molecule has 1 aromatic carbocycles. The van der Waals surface area contributed by atoms with Crippen LogP contribution in [0.15, 0.2) is 47.6 Å². The maximum atomic E-state index is 12.0. The van der Waals surface area contributed by atoms with Crippen molar-refractivity contribution in [2.24, 2.45) is 7.05 Å². The van der Waals surface area contributed by atoms with Crippen LogP contribution in [0, 0.1) is 0 Å². The molecule has 17 heavy (non-hydrogen) atoms. The van der Waals surface area contributed by atoms with Gasteiger partial charge in [-0.1, -0.05) is 12.1 Å². The second kappa shape index (κ2) is 4.14. The molecule has 0 radical (unpaired) electrons. The number of nitrogens with one attached hydrogen (secondary N) is 1. The zero-order chi connectivity index (χ0) is 12.5. The van der Waals surface area contributed by atoms with Crippen LogP contribution in [0.3, 0.4) is 0 Å². The molecule has 90 valence electrons. The molecule has 0 aliphatic rings. The molecule has 1 aromatic heterocycles. The van der Waals surface area contributed by atoms with Crippen molar-refractivity contribution in [1.29, 1.82) is 0 Å². The van der Waals surface area contributed by atoms with Crippen LogP contribution in [-0.4, -0.2) is 13.0 Å². The molecule has 0 aliphatic carbocycles. The van der Waals surface area contributed by atoms with Crippen molar-refractivity contribution >= 4 is 21.4 Å². The van der Waals surface area contributed by atoms with E-state index in [9.17, 15) is 8.42 Å². The molecule has 5 nitrogen and oxygen atoms in total. The van der Waals surface area contributed by atoms with Crippen LogP contribution in [0.5, 0.6) is 0 Å². The lowest BCUT2D eigenvalue weighted by molar-refractivity contribution is 0.601. The smallest absolute Gasteiger partial charge is 0.263 e. The molecule has 6 heteroatoms. The topological polar surface area (TPSA) is 77.1 Å². The Bertz CT molecular complexity index is 632. The van der Waals surface area contributed by atoms with E-state index in [2.05, 4.69) is 4.72 Å². The highest BCUT2D eigenvalue weighted by molar-refractivity contribution is 7.92. The number of para-hydroxylation sites is 2. The number of aryl methyl sites for hydroxylation is 1. The van der Waals surface area contributed by atoms with Gasteiger partial charge < -0.3 is 10.3 Å². The molecule has 0 saturated heterocycles. The van der Waals surface area contributed by atoms with Gasteiger partial charge in [0, 0.05) is 19.4 Å². The Morgan fingerprint density at radius 3 is 2.53 bits per heavy atom. The third kappa shape index (κ3) is 2.42. The number of hydrogen-bond donors (Lipinski definition) is 2. The summed E-state index contributed by atoms with van der Waals surface area (Å²) in [5.74, 6) is 0. The number of benzene rings is 1. The first kappa shape index (κ1) is 11.5. The molecule has 2 aromatic rings. The van der Waals surface area contributed by atoms with Crippen LogP contribution in [0.4, 0.5) is 11.4 Å². The average Bonchev–Trinajstić information content (AvgIpc) is 2.69. The van der Waals surface area contributed by atoms with Gasteiger partial charge in [0.05, 0.1) is 11.4 Å². The molecule has 0 aliphatic heterocycles. The average molecular weight is 251 g/mol. The third-order valence-corrected chi connectivity index (χ3v) is 3.67. The van der Waals surface area contributed by atoms with E-state index >= 15 is 0 Å². The Balaban J connectivity index is 2.33. The van der Waals surface area contributed by atoms with Gasteiger partial charge in [-0.15, -0.1) is 0 Å². The summed E-state index contributed by atoms with van der Waals surface area (Å²) in [4.78, 5) is 0.211. The highest BCUT2D eigenvalue weighted by Crippen LogP contribution is 2.21. The van der Waals surface area contributed by atoms with Gasteiger partial charge in [-0.3, -0.25) is 4.72 Å². The number of nitrogen functional groups attached to an aromatic ring is 1. The maximum absolute atomic E-state index is 12.0. The Kier molecular flexibility index (Phi) is 2.81. The van der Waals surface area contributed by atoms with Gasteiger partial charge >= 0.3 is 0 Å². The van der Waals surface area contributed by atoms with Crippen LogP contribution in [0.1, 0.15) is 0 Å². The molecule has 0 amide bonds. The summed E-state index contributed by atoms with van der Waals surface area (Å²) in [6.45, 7) is 0. The quantitative estimate of drug-likeness (QED) is 0.810. The third-order valence-electron chi connectivity index (χ3n) is 2.32. The molecule has 0 saturated carbocycles. The summed E-state index contributed by atoms with van der Waals surface area (Å²) in [5, 5.41) is 0. The van der Waals surface area contributed by atoms with E-state index in [0.717, 1.165) is 0 Å². The second-order valence-corrected chi connectivity index (χ2v) is 5.39. The first-order valence-corrected chi connectivity index (χ1v) is 6.47. The lowest BCUT2D eigenvalue weighted by Crippen LogP contribution is -2.13. The molecule has 0 bridgehead atoms. The van der Waals surface area contributed by atoms with E-state index in [1.165, 1.54) is 12.3 Å².